The van der Waals surface area contributed by atoms with Crippen LogP contribution in [0.5, 0.6) is 0 Å². The largest absolute Gasteiger partial charge is 0.378 e. The van der Waals surface area contributed by atoms with Crippen molar-refractivity contribution < 1.29 is 28.8 Å². The van der Waals surface area contributed by atoms with Crippen LogP contribution in [0.1, 0.15) is 51.0 Å². The van der Waals surface area contributed by atoms with Crippen molar-refractivity contribution in [3.05, 3.63) is 33.4 Å². The second kappa shape index (κ2) is 10.9. The third-order valence-electron chi connectivity index (χ3n) is 10.8. The summed E-state index contributed by atoms with van der Waals surface area (Å²) in [5, 5.41) is 14.7. The molecule has 1 atom stereocenters. The van der Waals surface area contributed by atoms with Crippen LogP contribution in [0, 0.1) is 33.3 Å². The van der Waals surface area contributed by atoms with Crippen LogP contribution in [-0.4, -0.2) is 86.3 Å². The van der Waals surface area contributed by atoms with E-state index in [0.29, 0.717) is 87.3 Å². The van der Waals surface area contributed by atoms with Crippen molar-refractivity contribution in [2.75, 3.05) is 62.4 Å². The quantitative estimate of drug-likeness (QED) is 0.228. The number of nitrogens with zero attached hydrogens (tertiary/aromatic N) is 4. The number of benzene rings is 1. The highest BCUT2D eigenvalue weighted by Crippen LogP contribution is 2.62. The maximum atomic E-state index is 14.1. The Balaban J connectivity index is 1.27. The minimum Gasteiger partial charge on any atom is -0.378 e. The smallest absolute Gasteiger partial charge is 0.331 e. The fraction of sp³-hybridized carbons (Fsp3) is 0.645. The first kappa shape index (κ1) is 28.3. The Bertz CT molecular complexity index is 1350. The Hall–Kier alpha value is -3.51. The Morgan fingerprint density at radius 3 is 1.98 bits per heavy atom. The SMILES string of the molecule is CC(N1C(=O)NC(=O)/C(=C\c2cc([N+](=O)[O-])c(N3CCOCC3)cc2N2CCOCC2)C1=O)C12CC3CC(CC(C3)C1)C2. The number of nitro groups is 1. The molecule has 3 aliphatic heterocycles. The highest BCUT2D eigenvalue weighted by molar-refractivity contribution is 6.31. The number of nitrogens with one attached hydrogen (secondary N) is 1. The van der Waals surface area contributed by atoms with Crippen LogP contribution in [0.3, 0.4) is 0 Å². The Kier molecular flexibility index (Phi) is 7.16. The fourth-order valence-corrected chi connectivity index (χ4v) is 9.12. The molecule has 12 nitrogen and oxygen atoms in total. The average molecular weight is 594 g/mol. The molecular weight excluding hydrogens is 554 g/mol. The predicted molar refractivity (Wildman–Crippen MR) is 158 cm³/mol. The maximum absolute atomic E-state index is 14.1. The number of morpholine rings is 2. The number of carbonyl (C=O) groups excluding carboxylic acids is 3. The molecule has 7 aliphatic rings. The number of rotatable bonds is 6. The molecule has 3 saturated heterocycles. The molecule has 0 spiro atoms. The van der Waals surface area contributed by atoms with Gasteiger partial charge < -0.3 is 19.3 Å². The van der Waals surface area contributed by atoms with Gasteiger partial charge in [-0.15, -0.1) is 0 Å². The Labute approximate surface area is 250 Å². The number of ether oxygens (including phenoxy) is 2. The van der Waals surface area contributed by atoms with Gasteiger partial charge in [0.05, 0.1) is 31.4 Å². The lowest BCUT2D eigenvalue weighted by molar-refractivity contribution is -0.384. The van der Waals surface area contributed by atoms with Crippen molar-refractivity contribution in [1.29, 1.82) is 0 Å². The van der Waals surface area contributed by atoms with E-state index in [-0.39, 0.29) is 22.7 Å². The van der Waals surface area contributed by atoms with Gasteiger partial charge in [0.1, 0.15) is 11.3 Å². The van der Waals surface area contributed by atoms with Crippen molar-refractivity contribution in [3.63, 3.8) is 0 Å². The van der Waals surface area contributed by atoms with E-state index in [0.717, 1.165) is 19.3 Å². The van der Waals surface area contributed by atoms with Gasteiger partial charge in [0, 0.05) is 49.5 Å². The number of imide groups is 2. The van der Waals surface area contributed by atoms with E-state index in [4.69, 9.17) is 9.47 Å². The van der Waals surface area contributed by atoms with Gasteiger partial charge in [0.15, 0.2) is 0 Å². The van der Waals surface area contributed by atoms with E-state index in [1.165, 1.54) is 36.3 Å². The molecule has 12 heteroatoms. The molecule has 1 N–H and O–H groups in total. The maximum Gasteiger partial charge on any atom is 0.331 e. The molecule has 230 valence electrons. The first-order valence-corrected chi connectivity index (χ1v) is 15.6. The summed E-state index contributed by atoms with van der Waals surface area (Å²) in [6.45, 7) is 6.03. The van der Waals surface area contributed by atoms with E-state index < -0.39 is 22.8 Å². The third kappa shape index (κ3) is 4.98. The second-order valence-corrected chi connectivity index (χ2v) is 13.3. The van der Waals surface area contributed by atoms with Gasteiger partial charge in [0.2, 0.25) is 0 Å². The summed E-state index contributed by atoms with van der Waals surface area (Å²) in [4.78, 5) is 57.7. The minimum atomic E-state index is -0.781. The van der Waals surface area contributed by atoms with Crippen molar-refractivity contribution in [1.82, 2.24) is 10.2 Å². The number of carbonyl (C=O) groups is 3. The molecule has 8 rings (SSSR count). The lowest BCUT2D eigenvalue weighted by Gasteiger charge is -2.60. The molecule has 1 aromatic carbocycles. The summed E-state index contributed by atoms with van der Waals surface area (Å²) in [5.41, 5.74) is 1.12. The molecule has 4 aliphatic carbocycles. The standard InChI is InChI=1S/C31H39N5O7/c1-19(31-16-20-10-21(17-31)12-22(11-20)18-31)35-29(38)24(28(37)32-30(35)39)13-23-14-27(36(40)41)26(34-4-8-43-9-5-34)15-25(23)33-2-6-42-7-3-33/h13-15,19-22H,2-12,16-18H2,1H3,(H,32,37,39)/b24-13+. The van der Waals surface area contributed by atoms with Gasteiger partial charge in [0.25, 0.3) is 17.5 Å². The summed E-state index contributed by atoms with van der Waals surface area (Å²) in [6, 6.07) is 2.19. The average Bonchev–Trinajstić information content (AvgIpc) is 2.99. The topological polar surface area (TPSA) is 135 Å². The number of nitro benzene ring substituents is 1. The molecule has 0 aromatic heterocycles. The lowest BCUT2D eigenvalue weighted by atomic mass is 9.47. The molecule has 0 radical (unpaired) electrons. The number of urea groups is 1. The lowest BCUT2D eigenvalue weighted by Crippen LogP contribution is -2.63. The highest BCUT2D eigenvalue weighted by atomic mass is 16.6. The molecule has 4 bridgehead atoms. The van der Waals surface area contributed by atoms with Crippen molar-refractivity contribution in [2.24, 2.45) is 23.2 Å². The number of hydrogen-bond acceptors (Lipinski definition) is 9. The number of amides is 4. The van der Waals surface area contributed by atoms with Gasteiger partial charge in [-0.25, -0.2) is 4.79 Å². The Morgan fingerprint density at radius 2 is 1.44 bits per heavy atom. The summed E-state index contributed by atoms with van der Waals surface area (Å²) in [5.74, 6) is 0.487. The van der Waals surface area contributed by atoms with Crippen LogP contribution >= 0.6 is 0 Å². The molecule has 4 amide bonds. The van der Waals surface area contributed by atoms with E-state index in [2.05, 4.69) is 10.2 Å². The molecule has 4 saturated carbocycles. The van der Waals surface area contributed by atoms with Gasteiger partial charge in [-0.2, -0.15) is 0 Å². The second-order valence-electron chi connectivity index (χ2n) is 13.3. The van der Waals surface area contributed by atoms with E-state index in [9.17, 15) is 24.5 Å². The van der Waals surface area contributed by atoms with Gasteiger partial charge in [-0.3, -0.25) is 29.9 Å². The number of hydrogen-bond donors (Lipinski definition) is 1. The molecule has 3 heterocycles. The zero-order valence-corrected chi connectivity index (χ0v) is 24.6. The number of anilines is 2. The van der Waals surface area contributed by atoms with Crippen LogP contribution in [0.2, 0.25) is 0 Å². The van der Waals surface area contributed by atoms with Gasteiger partial charge >= 0.3 is 6.03 Å². The summed E-state index contributed by atoms with van der Waals surface area (Å²) in [6.07, 6.45) is 8.14. The van der Waals surface area contributed by atoms with E-state index in [1.807, 2.05) is 11.8 Å². The minimum absolute atomic E-state index is 0.107. The predicted octanol–water partition coefficient (Wildman–Crippen LogP) is 3.33. The monoisotopic (exact) mass is 593 g/mol. The van der Waals surface area contributed by atoms with Crippen LogP contribution in [0.4, 0.5) is 21.9 Å². The van der Waals surface area contributed by atoms with Gasteiger partial charge in [-0.1, -0.05) is 0 Å². The van der Waals surface area contributed by atoms with Crippen LogP contribution in [0.25, 0.3) is 6.08 Å². The third-order valence-corrected chi connectivity index (χ3v) is 10.8. The molecule has 1 unspecified atom stereocenters. The molecule has 7 fully saturated rings. The first-order chi connectivity index (χ1) is 20.7. The van der Waals surface area contributed by atoms with Crippen molar-refractivity contribution in [2.45, 2.75) is 51.5 Å². The van der Waals surface area contributed by atoms with Crippen molar-refractivity contribution >= 4 is 41.0 Å². The first-order valence-electron chi connectivity index (χ1n) is 15.6. The molecular formula is C31H39N5O7. The van der Waals surface area contributed by atoms with Crippen LogP contribution in [-0.2, 0) is 19.1 Å². The molecule has 1 aromatic rings. The van der Waals surface area contributed by atoms with E-state index >= 15 is 0 Å². The summed E-state index contributed by atoms with van der Waals surface area (Å²) < 4.78 is 11.0. The summed E-state index contributed by atoms with van der Waals surface area (Å²) >= 11 is 0. The highest BCUT2D eigenvalue weighted by Gasteiger charge is 2.56. The van der Waals surface area contributed by atoms with Crippen LogP contribution in [0.15, 0.2) is 17.7 Å². The zero-order chi connectivity index (χ0) is 29.9. The zero-order valence-electron chi connectivity index (χ0n) is 24.6. The van der Waals surface area contributed by atoms with E-state index in [1.54, 1.807) is 6.07 Å². The Morgan fingerprint density at radius 1 is 0.907 bits per heavy atom. The number of barbiturate groups is 1. The summed E-state index contributed by atoms with van der Waals surface area (Å²) in [7, 11) is 0. The fourth-order valence-electron chi connectivity index (χ4n) is 9.12. The normalized spacial score (nSPS) is 32.4. The van der Waals surface area contributed by atoms with Gasteiger partial charge in [-0.05, 0) is 80.8 Å². The van der Waals surface area contributed by atoms with Crippen LogP contribution < -0.4 is 15.1 Å². The van der Waals surface area contributed by atoms with Crippen molar-refractivity contribution in [3.8, 4) is 0 Å². The molecule has 43 heavy (non-hydrogen) atoms.